The maximum absolute atomic E-state index is 13.3. The molecule has 13 heteroatoms. The Morgan fingerprint density at radius 2 is 1.92 bits per heavy atom. The number of amides is 1. The van der Waals surface area contributed by atoms with Crippen molar-refractivity contribution in [3.63, 3.8) is 0 Å². The summed E-state index contributed by atoms with van der Waals surface area (Å²) in [4.78, 5) is 27.4. The molecule has 1 amide bonds. The van der Waals surface area contributed by atoms with Gasteiger partial charge in [-0.2, -0.15) is 4.68 Å². The predicted molar refractivity (Wildman–Crippen MR) is 134 cm³/mol. The van der Waals surface area contributed by atoms with E-state index in [1.807, 2.05) is 12.1 Å². The highest BCUT2D eigenvalue weighted by Gasteiger charge is 2.28. The normalized spacial score (nSPS) is 14.5. The molecule has 6 rings (SSSR count). The lowest BCUT2D eigenvalue weighted by Gasteiger charge is -2.14. The van der Waals surface area contributed by atoms with E-state index >= 15 is 0 Å². The number of aryl methyl sites for hydroxylation is 1. The molecule has 0 bridgehead atoms. The van der Waals surface area contributed by atoms with Gasteiger partial charge in [0.05, 0.1) is 11.7 Å². The summed E-state index contributed by atoms with van der Waals surface area (Å²) in [7, 11) is 0. The molecule has 1 atom stereocenters. The van der Waals surface area contributed by atoms with Crippen LogP contribution in [-0.4, -0.2) is 51.2 Å². The zero-order valence-electron chi connectivity index (χ0n) is 19.0. The first kappa shape index (κ1) is 22.6. The van der Waals surface area contributed by atoms with Gasteiger partial charge < -0.3 is 14.7 Å². The number of nitrogens with zero attached hydrogens (tertiary/aromatic N) is 7. The van der Waals surface area contributed by atoms with Crippen molar-refractivity contribution in [3.05, 3.63) is 87.8 Å². The number of halogens is 1. The second kappa shape index (κ2) is 8.99. The van der Waals surface area contributed by atoms with Crippen LogP contribution in [0.2, 0.25) is 5.02 Å². The average Bonchev–Trinajstić information content (AvgIpc) is 3.65. The van der Waals surface area contributed by atoms with Crippen LogP contribution in [0.3, 0.4) is 0 Å². The average molecular weight is 516 g/mol. The minimum absolute atomic E-state index is 0.167. The number of hydrogen-bond acceptors (Lipinski definition) is 7. The molecule has 0 aliphatic carbocycles. The summed E-state index contributed by atoms with van der Waals surface area (Å²) in [5.74, 6) is 1.11. The molecule has 0 radical (unpaired) electrons. The number of anilines is 1. The number of aromatic amines is 1. The van der Waals surface area contributed by atoms with E-state index in [0.717, 1.165) is 22.4 Å². The lowest BCUT2D eigenvalue weighted by Crippen LogP contribution is -2.24. The van der Waals surface area contributed by atoms with Crippen molar-refractivity contribution in [2.45, 2.75) is 18.9 Å². The van der Waals surface area contributed by atoms with E-state index < -0.39 is 6.09 Å². The van der Waals surface area contributed by atoms with Crippen LogP contribution in [-0.2, 0) is 6.42 Å². The van der Waals surface area contributed by atoms with E-state index in [9.17, 15) is 9.59 Å². The van der Waals surface area contributed by atoms with Crippen molar-refractivity contribution in [1.29, 1.82) is 0 Å². The molecule has 184 valence electrons. The van der Waals surface area contributed by atoms with Crippen LogP contribution >= 0.6 is 11.6 Å². The number of hydrogen-bond donors (Lipinski definition) is 3. The maximum Gasteiger partial charge on any atom is 0.409 e. The highest BCUT2D eigenvalue weighted by atomic mass is 35.5. The Kier molecular flexibility index (Phi) is 5.49. The van der Waals surface area contributed by atoms with Crippen molar-refractivity contribution in [1.82, 2.24) is 40.0 Å². The Morgan fingerprint density at radius 3 is 2.68 bits per heavy atom. The monoisotopic (exact) mass is 515 g/mol. The summed E-state index contributed by atoms with van der Waals surface area (Å²) < 4.78 is 3.26. The minimum atomic E-state index is -1.13. The number of nitrogens with one attached hydrogen (secondary N) is 2. The smallest absolute Gasteiger partial charge is 0.409 e. The molecule has 0 fully saturated rings. The topological polar surface area (TPSA) is 156 Å². The van der Waals surface area contributed by atoms with Crippen LogP contribution < -0.4 is 10.9 Å². The lowest BCUT2D eigenvalue weighted by molar-refractivity contribution is 0.209. The van der Waals surface area contributed by atoms with E-state index in [1.54, 1.807) is 47.0 Å². The van der Waals surface area contributed by atoms with Crippen LogP contribution in [0.25, 0.3) is 28.2 Å². The van der Waals surface area contributed by atoms with Gasteiger partial charge in [0.1, 0.15) is 6.33 Å². The third-order valence-electron chi connectivity index (χ3n) is 6.23. The summed E-state index contributed by atoms with van der Waals surface area (Å²) in [6.45, 7) is 0. The fraction of sp³-hybridized carbons (Fsp3) is 0.125. The van der Waals surface area contributed by atoms with Gasteiger partial charge in [-0.25, -0.2) is 4.79 Å². The Balaban J connectivity index is 1.32. The van der Waals surface area contributed by atoms with E-state index in [0.29, 0.717) is 40.9 Å². The predicted octanol–water partition coefficient (Wildman–Crippen LogP) is 3.56. The maximum atomic E-state index is 13.3. The fourth-order valence-electron chi connectivity index (χ4n) is 4.61. The molecule has 3 aromatic heterocycles. The van der Waals surface area contributed by atoms with Crippen molar-refractivity contribution < 1.29 is 9.90 Å². The quantitative estimate of drug-likeness (QED) is 0.320. The van der Waals surface area contributed by atoms with Gasteiger partial charge in [0, 0.05) is 33.6 Å². The molecule has 2 aromatic carbocycles. The summed E-state index contributed by atoms with van der Waals surface area (Å²) in [6, 6.07) is 15.4. The number of carbonyl (C=O) groups is 1. The lowest BCUT2D eigenvalue weighted by atomic mass is 10.0. The fourth-order valence-corrected chi connectivity index (χ4v) is 4.78. The van der Waals surface area contributed by atoms with Crippen LogP contribution in [0.4, 0.5) is 10.5 Å². The van der Waals surface area contributed by atoms with Gasteiger partial charge in [-0.1, -0.05) is 11.6 Å². The first-order valence-corrected chi connectivity index (χ1v) is 11.7. The number of fused-ring (bicyclic) bond motifs is 1. The zero-order chi connectivity index (χ0) is 25.5. The van der Waals surface area contributed by atoms with Crippen LogP contribution in [0, 0.1) is 0 Å². The number of aromatic nitrogens is 8. The molecule has 12 nitrogen and oxygen atoms in total. The van der Waals surface area contributed by atoms with E-state index in [4.69, 9.17) is 16.7 Å². The van der Waals surface area contributed by atoms with Crippen molar-refractivity contribution >= 4 is 23.4 Å². The Labute approximate surface area is 213 Å². The van der Waals surface area contributed by atoms with E-state index in [1.165, 1.54) is 11.0 Å². The molecule has 4 heterocycles. The molecule has 37 heavy (non-hydrogen) atoms. The van der Waals surface area contributed by atoms with Crippen LogP contribution in [0.5, 0.6) is 0 Å². The Hall–Kier alpha value is -4.84. The molecular weight excluding hydrogens is 498 g/mol. The summed E-state index contributed by atoms with van der Waals surface area (Å²) >= 11 is 6.28. The zero-order valence-corrected chi connectivity index (χ0v) is 19.8. The SMILES string of the molecule is O=C(O)Nc1ccc(-c2nnc(C3CCc4cc(-c5cc(Cl)ccc5-n5cnnn5)cc(=O)n43)[nH]2)cc1. The van der Waals surface area contributed by atoms with Gasteiger partial charge in [0.15, 0.2) is 11.6 Å². The van der Waals surface area contributed by atoms with Gasteiger partial charge in [0.2, 0.25) is 0 Å². The molecule has 0 spiro atoms. The highest BCUT2D eigenvalue weighted by Crippen LogP contribution is 2.34. The minimum Gasteiger partial charge on any atom is -0.465 e. The largest absolute Gasteiger partial charge is 0.465 e. The Bertz CT molecular complexity index is 1680. The Morgan fingerprint density at radius 1 is 1.08 bits per heavy atom. The third kappa shape index (κ3) is 4.23. The van der Waals surface area contributed by atoms with Crippen LogP contribution in [0.15, 0.2) is 65.7 Å². The van der Waals surface area contributed by atoms with E-state index in [-0.39, 0.29) is 11.6 Å². The van der Waals surface area contributed by atoms with Crippen molar-refractivity contribution in [2.24, 2.45) is 0 Å². The van der Waals surface area contributed by atoms with Crippen LogP contribution in [0.1, 0.15) is 24.0 Å². The molecule has 1 aliphatic rings. The van der Waals surface area contributed by atoms with Crippen molar-refractivity contribution in [2.75, 3.05) is 5.32 Å². The van der Waals surface area contributed by atoms with Gasteiger partial charge in [-0.15, -0.1) is 15.3 Å². The molecule has 0 saturated carbocycles. The number of pyridine rings is 1. The van der Waals surface area contributed by atoms with Gasteiger partial charge in [0.25, 0.3) is 5.56 Å². The summed E-state index contributed by atoms with van der Waals surface area (Å²) in [5.41, 5.74) is 4.07. The first-order valence-electron chi connectivity index (χ1n) is 11.3. The van der Waals surface area contributed by atoms with E-state index in [2.05, 4.69) is 36.0 Å². The first-order chi connectivity index (χ1) is 18.0. The number of rotatable bonds is 5. The molecule has 5 aromatic rings. The second-order valence-corrected chi connectivity index (χ2v) is 8.92. The third-order valence-corrected chi connectivity index (χ3v) is 6.46. The number of H-pyrrole nitrogens is 1. The summed E-state index contributed by atoms with van der Waals surface area (Å²) in [5, 5.41) is 31.6. The number of benzene rings is 2. The second-order valence-electron chi connectivity index (χ2n) is 8.48. The van der Waals surface area contributed by atoms with Gasteiger partial charge in [-0.05, 0) is 77.4 Å². The van der Waals surface area contributed by atoms with Crippen molar-refractivity contribution in [3.8, 4) is 28.2 Å². The molecular formula is C24H18ClN9O3. The molecule has 0 saturated heterocycles. The number of tetrazole rings is 1. The van der Waals surface area contributed by atoms with Gasteiger partial charge in [-0.3, -0.25) is 10.1 Å². The molecule has 3 N–H and O–H groups in total. The standard InChI is InChI=1S/C24H18ClN9O3/c25-15-3-7-19(33-12-26-31-32-33)18(11-15)14-9-17-6-8-20(34(17)21(35)10-14)23-28-22(29-30-23)13-1-4-16(5-2-13)27-24(36)37/h1-5,7,9-12,20,27H,6,8H2,(H,36,37)(H,28,29,30). The van der Waals surface area contributed by atoms with Gasteiger partial charge >= 0.3 is 6.09 Å². The molecule has 1 aliphatic heterocycles. The highest BCUT2D eigenvalue weighted by molar-refractivity contribution is 6.31. The molecule has 1 unspecified atom stereocenters. The number of carboxylic acid groups (broad SMARTS) is 1. The summed E-state index contributed by atoms with van der Waals surface area (Å²) in [6.07, 6.45) is 1.72.